The Morgan fingerprint density at radius 1 is 0.920 bits per heavy atom. The summed E-state index contributed by atoms with van der Waals surface area (Å²) in [6.07, 6.45) is 1.61. The van der Waals surface area contributed by atoms with Gasteiger partial charge in [0.15, 0.2) is 0 Å². The summed E-state index contributed by atoms with van der Waals surface area (Å²) < 4.78 is 0. The number of aliphatic hydroxyl groups is 1. The Hall–Kier alpha value is -2.04. The first-order valence-corrected chi connectivity index (χ1v) is 9.11. The maximum atomic E-state index is 10.7. The fourth-order valence-electron chi connectivity index (χ4n) is 3.78. The number of benzene rings is 2. The zero-order chi connectivity index (χ0) is 18.2. The number of hydrogen-bond acceptors (Lipinski definition) is 1. The van der Waals surface area contributed by atoms with Crippen molar-refractivity contribution in [1.29, 1.82) is 0 Å². The first-order valence-electron chi connectivity index (χ1n) is 9.11. The van der Waals surface area contributed by atoms with Crippen LogP contribution in [0.4, 0.5) is 0 Å². The molecule has 1 aliphatic rings. The second-order valence-corrected chi connectivity index (χ2v) is 8.56. The van der Waals surface area contributed by atoms with Gasteiger partial charge in [0.25, 0.3) is 0 Å². The van der Waals surface area contributed by atoms with Crippen molar-refractivity contribution < 1.29 is 5.11 Å². The van der Waals surface area contributed by atoms with Gasteiger partial charge in [-0.15, -0.1) is 0 Å². The lowest BCUT2D eigenvalue weighted by Crippen LogP contribution is -2.34. The molecule has 1 N–H and O–H groups in total. The fourth-order valence-corrected chi connectivity index (χ4v) is 3.78. The van der Waals surface area contributed by atoms with Gasteiger partial charge in [0.1, 0.15) is 6.10 Å². The van der Waals surface area contributed by atoms with Crippen LogP contribution in [0.15, 0.2) is 42.5 Å². The molecule has 1 aliphatic carbocycles. The van der Waals surface area contributed by atoms with Crippen LogP contribution in [0.25, 0.3) is 0 Å². The molecule has 0 amide bonds. The minimum absolute atomic E-state index is 0.139. The minimum Gasteiger partial charge on any atom is -0.376 e. The van der Waals surface area contributed by atoms with Crippen LogP contribution in [-0.2, 0) is 10.8 Å². The molecule has 0 radical (unpaired) electrons. The fraction of sp³-hybridized carbons (Fsp3) is 0.417. The van der Waals surface area contributed by atoms with Crippen molar-refractivity contribution in [2.75, 3.05) is 0 Å². The van der Waals surface area contributed by atoms with E-state index in [-0.39, 0.29) is 10.8 Å². The molecule has 1 atom stereocenters. The van der Waals surface area contributed by atoms with Crippen molar-refractivity contribution in [2.45, 2.75) is 64.4 Å². The van der Waals surface area contributed by atoms with E-state index in [0.29, 0.717) is 0 Å². The molecular weight excluding hydrogens is 304 g/mol. The highest BCUT2D eigenvalue weighted by molar-refractivity contribution is 5.49. The normalized spacial score (nSPS) is 18.6. The monoisotopic (exact) mass is 332 g/mol. The molecule has 0 saturated heterocycles. The Bertz CT molecular complexity index is 832. The Labute approximate surface area is 152 Å². The van der Waals surface area contributed by atoms with E-state index in [0.717, 1.165) is 16.7 Å². The highest BCUT2D eigenvalue weighted by Gasteiger charge is 2.37. The Kier molecular flexibility index (Phi) is 4.52. The van der Waals surface area contributed by atoms with Gasteiger partial charge in [0.2, 0.25) is 0 Å². The predicted molar refractivity (Wildman–Crippen MR) is 105 cm³/mol. The number of hydrogen-bond donors (Lipinski definition) is 1. The summed E-state index contributed by atoms with van der Waals surface area (Å²) in [5, 5.41) is 10.7. The molecule has 1 heteroatoms. The van der Waals surface area contributed by atoms with Gasteiger partial charge < -0.3 is 5.11 Å². The Balaban J connectivity index is 2.03. The van der Waals surface area contributed by atoms with Crippen LogP contribution in [0.5, 0.6) is 0 Å². The van der Waals surface area contributed by atoms with E-state index in [2.05, 4.69) is 58.6 Å². The van der Waals surface area contributed by atoms with Crippen molar-refractivity contribution in [3.05, 3.63) is 70.3 Å². The van der Waals surface area contributed by atoms with E-state index < -0.39 is 6.10 Å². The second kappa shape index (κ2) is 6.36. The quantitative estimate of drug-likeness (QED) is 0.690. The van der Waals surface area contributed by atoms with Gasteiger partial charge in [-0.3, -0.25) is 0 Å². The average Bonchev–Trinajstić information content (AvgIpc) is 2.57. The summed E-state index contributed by atoms with van der Waals surface area (Å²) >= 11 is 0. The highest BCUT2D eigenvalue weighted by atomic mass is 16.3. The van der Waals surface area contributed by atoms with Gasteiger partial charge in [-0.1, -0.05) is 69.9 Å². The van der Waals surface area contributed by atoms with Crippen LogP contribution < -0.4 is 0 Å². The first-order chi connectivity index (χ1) is 11.7. The molecule has 0 aliphatic heterocycles. The topological polar surface area (TPSA) is 20.2 Å². The number of aryl methyl sites for hydroxylation is 1. The van der Waals surface area contributed by atoms with E-state index in [4.69, 9.17) is 0 Å². The Morgan fingerprint density at radius 3 is 2.08 bits per heavy atom. The second-order valence-electron chi connectivity index (χ2n) is 8.56. The molecule has 3 rings (SSSR count). The van der Waals surface area contributed by atoms with Crippen LogP contribution >= 0.6 is 0 Å². The first kappa shape index (κ1) is 17.8. The van der Waals surface area contributed by atoms with Crippen LogP contribution in [0.1, 0.15) is 74.5 Å². The lowest BCUT2D eigenvalue weighted by Gasteiger charge is -2.42. The molecule has 1 nitrogen and oxygen atoms in total. The lowest BCUT2D eigenvalue weighted by atomic mass is 9.62. The van der Waals surface area contributed by atoms with Crippen LogP contribution in [0.3, 0.4) is 0 Å². The van der Waals surface area contributed by atoms with Gasteiger partial charge >= 0.3 is 0 Å². The SMILES string of the molecule is Cc1cc2c(cc1C(O)C#Cc1ccccc1)C(C)(C)CCC2(C)C. The van der Waals surface area contributed by atoms with Gasteiger partial charge in [0.05, 0.1) is 0 Å². The smallest absolute Gasteiger partial charge is 0.140 e. The van der Waals surface area contributed by atoms with Gasteiger partial charge in [-0.25, -0.2) is 0 Å². The van der Waals surface area contributed by atoms with E-state index in [9.17, 15) is 5.11 Å². The molecule has 0 aromatic heterocycles. The summed E-state index contributed by atoms with van der Waals surface area (Å²) in [5.41, 5.74) is 6.11. The molecule has 2 aromatic rings. The maximum Gasteiger partial charge on any atom is 0.140 e. The molecular formula is C24H28O. The summed E-state index contributed by atoms with van der Waals surface area (Å²) in [6, 6.07) is 14.3. The summed E-state index contributed by atoms with van der Waals surface area (Å²) in [4.78, 5) is 0. The van der Waals surface area contributed by atoms with Crippen molar-refractivity contribution >= 4 is 0 Å². The molecule has 0 fully saturated rings. The molecule has 1 unspecified atom stereocenters. The van der Waals surface area contributed by atoms with Crippen LogP contribution in [-0.4, -0.2) is 5.11 Å². The number of rotatable bonds is 1. The third-order valence-corrected chi connectivity index (χ3v) is 5.66. The van der Waals surface area contributed by atoms with Gasteiger partial charge in [-0.2, -0.15) is 0 Å². The predicted octanol–water partition coefficient (Wildman–Crippen LogP) is 5.43. The van der Waals surface area contributed by atoms with Crippen LogP contribution in [0, 0.1) is 18.8 Å². The van der Waals surface area contributed by atoms with Crippen LogP contribution in [0.2, 0.25) is 0 Å². The lowest BCUT2D eigenvalue weighted by molar-refractivity contribution is 0.236. The molecule has 0 bridgehead atoms. The molecule has 2 aromatic carbocycles. The van der Waals surface area contributed by atoms with Crippen molar-refractivity contribution in [2.24, 2.45) is 0 Å². The molecule has 0 saturated carbocycles. The molecule has 0 heterocycles. The number of aliphatic hydroxyl groups excluding tert-OH is 1. The van der Waals surface area contributed by atoms with Crippen molar-refractivity contribution in [3.8, 4) is 11.8 Å². The van der Waals surface area contributed by atoms with Crippen molar-refractivity contribution in [1.82, 2.24) is 0 Å². The molecule has 0 spiro atoms. The van der Waals surface area contributed by atoms with E-state index in [1.165, 1.54) is 24.0 Å². The third-order valence-electron chi connectivity index (χ3n) is 5.66. The summed E-state index contributed by atoms with van der Waals surface area (Å²) in [7, 11) is 0. The average molecular weight is 332 g/mol. The summed E-state index contributed by atoms with van der Waals surface area (Å²) in [6.45, 7) is 11.3. The largest absolute Gasteiger partial charge is 0.376 e. The Morgan fingerprint density at radius 2 is 1.48 bits per heavy atom. The van der Waals surface area contributed by atoms with Gasteiger partial charge in [-0.05, 0) is 65.0 Å². The standard InChI is InChI=1S/C24H28O/c1-17-15-20-21(24(4,5)14-13-23(20,2)3)16-19(17)22(25)12-11-18-9-7-6-8-10-18/h6-10,15-16,22,25H,13-14H2,1-5H3. The zero-order valence-electron chi connectivity index (χ0n) is 16.0. The van der Waals surface area contributed by atoms with Gasteiger partial charge in [0, 0.05) is 5.56 Å². The minimum atomic E-state index is -0.758. The van der Waals surface area contributed by atoms with Crippen molar-refractivity contribution in [3.63, 3.8) is 0 Å². The van der Waals surface area contributed by atoms with E-state index >= 15 is 0 Å². The maximum absolute atomic E-state index is 10.7. The zero-order valence-corrected chi connectivity index (χ0v) is 16.0. The van der Waals surface area contributed by atoms with E-state index in [1.807, 2.05) is 30.3 Å². The third kappa shape index (κ3) is 3.51. The molecule has 25 heavy (non-hydrogen) atoms. The molecule has 130 valence electrons. The number of fused-ring (bicyclic) bond motifs is 1. The highest BCUT2D eigenvalue weighted by Crippen LogP contribution is 2.47. The van der Waals surface area contributed by atoms with E-state index in [1.54, 1.807) is 0 Å². The summed E-state index contributed by atoms with van der Waals surface area (Å²) in [5.74, 6) is 6.10.